The van der Waals surface area contributed by atoms with Gasteiger partial charge in [0.05, 0.1) is 12.8 Å². The maximum absolute atomic E-state index is 12.4. The second kappa shape index (κ2) is 12.0. The number of rotatable bonds is 10. The van der Waals surface area contributed by atoms with E-state index in [2.05, 4.69) is 10.1 Å². The topological polar surface area (TPSA) is 83.1 Å². The van der Waals surface area contributed by atoms with Crippen molar-refractivity contribution in [1.82, 2.24) is 0 Å². The number of ether oxygens (including phenoxy) is 4. The fraction of sp³-hybridized carbons (Fsp3) is 0.120. The minimum Gasteiger partial charge on any atom is -0.493 e. The fourth-order valence-corrected chi connectivity index (χ4v) is 2.79. The largest absolute Gasteiger partial charge is 0.493 e. The van der Waals surface area contributed by atoms with Crippen LogP contribution in [-0.2, 0) is 14.3 Å². The Bertz CT molecular complexity index is 1150. The SMILES string of the molecule is COc1cc(/C=C/C(=O)OCC(=O)Nc2ccccc2Oc2ccccc2)ccc1OC(F)F. The highest BCUT2D eigenvalue weighted by Gasteiger charge is 2.12. The summed E-state index contributed by atoms with van der Waals surface area (Å²) in [6, 6.07) is 20.1. The Morgan fingerprint density at radius 1 is 0.941 bits per heavy atom. The fourth-order valence-electron chi connectivity index (χ4n) is 2.79. The zero-order valence-corrected chi connectivity index (χ0v) is 18.1. The lowest BCUT2D eigenvalue weighted by atomic mass is 10.2. The van der Waals surface area contributed by atoms with Crippen LogP contribution in [0.25, 0.3) is 6.08 Å². The Labute approximate surface area is 194 Å². The number of alkyl halides is 2. The van der Waals surface area contributed by atoms with Crippen LogP contribution in [0, 0.1) is 0 Å². The van der Waals surface area contributed by atoms with Crippen molar-refractivity contribution in [3.8, 4) is 23.0 Å². The number of hydrogen-bond acceptors (Lipinski definition) is 6. The van der Waals surface area contributed by atoms with Gasteiger partial charge in [0.25, 0.3) is 5.91 Å². The van der Waals surface area contributed by atoms with Crippen LogP contribution in [0.5, 0.6) is 23.0 Å². The third-order valence-corrected chi connectivity index (χ3v) is 4.29. The maximum Gasteiger partial charge on any atom is 0.387 e. The van der Waals surface area contributed by atoms with E-state index < -0.39 is 25.1 Å². The number of nitrogens with one attached hydrogen (secondary N) is 1. The van der Waals surface area contributed by atoms with Gasteiger partial charge in [-0.1, -0.05) is 36.4 Å². The van der Waals surface area contributed by atoms with Crippen LogP contribution in [0.4, 0.5) is 14.5 Å². The summed E-state index contributed by atoms with van der Waals surface area (Å²) in [7, 11) is 1.30. The second-order valence-electron chi connectivity index (χ2n) is 6.69. The second-order valence-corrected chi connectivity index (χ2v) is 6.69. The molecule has 0 saturated heterocycles. The van der Waals surface area contributed by atoms with E-state index in [1.54, 1.807) is 36.4 Å². The summed E-state index contributed by atoms with van der Waals surface area (Å²) in [6.07, 6.45) is 2.49. The molecule has 0 saturated carbocycles. The number of hydrogen-bond donors (Lipinski definition) is 1. The van der Waals surface area contributed by atoms with E-state index in [0.29, 0.717) is 22.7 Å². The average Bonchev–Trinajstić information content (AvgIpc) is 2.83. The third-order valence-electron chi connectivity index (χ3n) is 4.29. The van der Waals surface area contributed by atoms with Gasteiger partial charge in [-0.05, 0) is 48.0 Å². The van der Waals surface area contributed by atoms with Crippen LogP contribution >= 0.6 is 0 Å². The molecule has 0 unspecified atom stereocenters. The molecule has 0 fully saturated rings. The van der Waals surface area contributed by atoms with E-state index in [4.69, 9.17) is 14.2 Å². The van der Waals surface area contributed by atoms with Gasteiger partial charge in [-0.25, -0.2) is 4.79 Å². The minimum atomic E-state index is -2.99. The molecule has 3 rings (SSSR count). The zero-order chi connectivity index (χ0) is 24.3. The van der Waals surface area contributed by atoms with Crippen LogP contribution < -0.4 is 19.5 Å². The number of amides is 1. The van der Waals surface area contributed by atoms with E-state index in [0.717, 1.165) is 6.08 Å². The third kappa shape index (κ3) is 7.33. The normalized spacial score (nSPS) is 10.7. The van der Waals surface area contributed by atoms with Gasteiger partial charge >= 0.3 is 12.6 Å². The smallest absolute Gasteiger partial charge is 0.387 e. The lowest BCUT2D eigenvalue weighted by molar-refractivity contribution is -0.142. The summed E-state index contributed by atoms with van der Waals surface area (Å²) in [5, 5.41) is 2.64. The Morgan fingerprint density at radius 2 is 1.68 bits per heavy atom. The highest BCUT2D eigenvalue weighted by atomic mass is 19.3. The molecule has 0 spiro atoms. The molecule has 1 N–H and O–H groups in total. The van der Waals surface area contributed by atoms with Gasteiger partial charge in [0.1, 0.15) is 5.75 Å². The van der Waals surface area contributed by atoms with Crippen LogP contribution in [-0.4, -0.2) is 32.2 Å². The predicted molar refractivity (Wildman–Crippen MR) is 121 cm³/mol. The maximum atomic E-state index is 12.4. The lowest BCUT2D eigenvalue weighted by Crippen LogP contribution is -2.20. The Hall–Kier alpha value is -4.40. The molecule has 0 radical (unpaired) electrons. The van der Waals surface area contributed by atoms with Gasteiger partial charge in [0.2, 0.25) is 0 Å². The molecule has 3 aromatic carbocycles. The molecule has 0 heterocycles. The molecule has 0 aliphatic rings. The molecule has 7 nitrogen and oxygen atoms in total. The van der Waals surface area contributed by atoms with Crippen LogP contribution in [0.1, 0.15) is 5.56 Å². The molecule has 1 amide bonds. The summed E-state index contributed by atoms with van der Waals surface area (Å²) in [6.45, 7) is -3.51. The first kappa shape index (κ1) is 24.2. The summed E-state index contributed by atoms with van der Waals surface area (Å²) in [4.78, 5) is 24.2. The van der Waals surface area contributed by atoms with Crippen molar-refractivity contribution >= 4 is 23.6 Å². The molecule has 9 heteroatoms. The summed E-state index contributed by atoms with van der Waals surface area (Å²) in [5.41, 5.74) is 0.896. The molecule has 176 valence electrons. The van der Waals surface area contributed by atoms with Crippen LogP contribution in [0.3, 0.4) is 0 Å². The Kier molecular flexibility index (Phi) is 8.56. The van der Waals surface area contributed by atoms with E-state index in [9.17, 15) is 18.4 Å². The first-order chi connectivity index (χ1) is 16.4. The van der Waals surface area contributed by atoms with Crippen molar-refractivity contribution in [2.75, 3.05) is 19.0 Å². The van der Waals surface area contributed by atoms with Crippen molar-refractivity contribution < 1.29 is 37.3 Å². The highest BCUT2D eigenvalue weighted by Crippen LogP contribution is 2.30. The summed E-state index contributed by atoms with van der Waals surface area (Å²) < 4.78 is 44.9. The molecular formula is C25H21F2NO6. The zero-order valence-electron chi connectivity index (χ0n) is 18.1. The number of anilines is 1. The number of carbonyl (C=O) groups is 2. The number of esters is 1. The molecule has 34 heavy (non-hydrogen) atoms. The molecule has 3 aromatic rings. The molecule has 0 atom stereocenters. The quantitative estimate of drug-likeness (QED) is 0.321. The van der Waals surface area contributed by atoms with Crippen molar-refractivity contribution in [3.05, 3.63) is 84.4 Å². The van der Waals surface area contributed by atoms with E-state index in [1.807, 2.05) is 18.2 Å². The summed E-state index contributed by atoms with van der Waals surface area (Å²) in [5.74, 6) is -0.346. The Balaban J connectivity index is 1.54. The molecule has 0 aliphatic heterocycles. The predicted octanol–water partition coefficient (Wildman–Crippen LogP) is 5.28. The van der Waals surface area contributed by atoms with E-state index in [1.165, 1.54) is 31.4 Å². The number of methoxy groups -OCH3 is 1. The lowest BCUT2D eigenvalue weighted by Gasteiger charge is -2.12. The first-order valence-corrected chi connectivity index (χ1v) is 10.0. The average molecular weight is 469 g/mol. The van der Waals surface area contributed by atoms with Gasteiger partial charge in [-0.2, -0.15) is 8.78 Å². The molecule has 0 bridgehead atoms. The summed E-state index contributed by atoms with van der Waals surface area (Å²) >= 11 is 0. The van der Waals surface area contributed by atoms with Crippen LogP contribution in [0.2, 0.25) is 0 Å². The van der Waals surface area contributed by atoms with E-state index >= 15 is 0 Å². The van der Waals surface area contributed by atoms with Crippen molar-refractivity contribution in [2.24, 2.45) is 0 Å². The van der Waals surface area contributed by atoms with Gasteiger partial charge < -0.3 is 24.3 Å². The van der Waals surface area contributed by atoms with Crippen molar-refractivity contribution in [2.45, 2.75) is 6.61 Å². The molecular weight excluding hydrogens is 448 g/mol. The molecule has 0 aromatic heterocycles. The molecule has 0 aliphatic carbocycles. The number of para-hydroxylation sites is 3. The first-order valence-electron chi connectivity index (χ1n) is 10.0. The van der Waals surface area contributed by atoms with Crippen molar-refractivity contribution in [1.29, 1.82) is 0 Å². The standard InChI is InChI=1S/C25H21F2NO6/c1-31-22-15-17(11-13-21(22)34-25(26)27)12-14-24(30)32-16-23(29)28-19-9-5-6-10-20(19)33-18-7-3-2-4-8-18/h2-15,25H,16H2,1H3,(H,28,29)/b14-12+. The van der Waals surface area contributed by atoms with E-state index in [-0.39, 0.29) is 11.5 Å². The number of benzene rings is 3. The van der Waals surface area contributed by atoms with Gasteiger partial charge in [-0.15, -0.1) is 0 Å². The van der Waals surface area contributed by atoms with Gasteiger partial charge in [0, 0.05) is 6.08 Å². The van der Waals surface area contributed by atoms with Gasteiger partial charge in [0.15, 0.2) is 23.9 Å². The minimum absolute atomic E-state index is 0.0755. The Morgan fingerprint density at radius 3 is 2.41 bits per heavy atom. The van der Waals surface area contributed by atoms with Gasteiger partial charge in [-0.3, -0.25) is 4.79 Å². The highest BCUT2D eigenvalue weighted by molar-refractivity contribution is 5.95. The van der Waals surface area contributed by atoms with Crippen molar-refractivity contribution in [3.63, 3.8) is 0 Å². The number of halogens is 2. The number of carbonyl (C=O) groups excluding carboxylic acids is 2. The monoisotopic (exact) mass is 469 g/mol. The van der Waals surface area contributed by atoms with Crippen LogP contribution in [0.15, 0.2) is 78.9 Å².